The summed E-state index contributed by atoms with van der Waals surface area (Å²) in [6, 6.07) is 9.72. The van der Waals surface area contributed by atoms with E-state index >= 15 is 0 Å². The lowest BCUT2D eigenvalue weighted by atomic mass is 9.81. The van der Waals surface area contributed by atoms with E-state index < -0.39 is 0 Å². The van der Waals surface area contributed by atoms with Crippen molar-refractivity contribution in [2.24, 2.45) is 14.1 Å². The van der Waals surface area contributed by atoms with Gasteiger partial charge in [0, 0.05) is 26.7 Å². The van der Waals surface area contributed by atoms with Crippen LogP contribution >= 0.6 is 0 Å². The molecule has 0 saturated carbocycles. The first kappa shape index (κ1) is 15.6. The van der Waals surface area contributed by atoms with Crippen molar-refractivity contribution in [3.8, 4) is 0 Å². The van der Waals surface area contributed by atoms with Crippen molar-refractivity contribution in [3.63, 3.8) is 0 Å². The predicted octanol–water partition coefficient (Wildman–Crippen LogP) is 3.68. The highest BCUT2D eigenvalue weighted by Crippen LogP contribution is 2.33. The minimum atomic E-state index is 0.923. The Labute approximate surface area is 154 Å². The Kier molecular flexibility index (Phi) is 3.27. The fourth-order valence-electron chi connectivity index (χ4n) is 4.43. The van der Waals surface area contributed by atoms with Gasteiger partial charge in [-0.3, -0.25) is 9.36 Å². The highest BCUT2D eigenvalue weighted by molar-refractivity contribution is 5.52. The molecule has 134 valence electrons. The fourth-order valence-corrected chi connectivity index (χ4v) is 4.43. The summed E-state index contributed by atoms with van der Waals surface area (Å²) in [5.74, 6) is 0. The molecule has 3 aromatic rings. The van der Waals surface area contributed by atoms with E-state index in [1.54, 1.807) is 0 Å². The molecule has 0 bridgehead atoms. The van der Waals surface area contributed by atoms with Crippen molar-refractivity contribution in [2.75, 3.05) is 0 Å². The first-order chi connectivity index (χ1) is 12.5. The van der Waals surface area contributed by atoms with E-state index in [-0.39, 0.29) is 0 Å². The quantitative estimate of drug-likeness (QED) is 0.443. The number of fused-ring (bicyclic) bond motifs is 4. The Balaban J connectivity index is 1.56. The van der Waals surface area contributed by atoms with Gasteiger partial charge in [-0.25, -0.2) is 10.0 Å². The average molecular weight is 346 g/mol. The number of aromatic nitrogens is 4. The summed E-state index contributed by atoms with van der Waals surface area (Å²) >= 11 is 0. The van der Waals surface area contributed by atoms with Gasteiger partial charge >= 0.3 is 0 Å². The van der Waals surface area contributed by atoms with Gasteiger partial charge in [-0.05, 0) is 71.2 Å². The summed E-state index contributed by atoms with van der Waals surface area (Å²) < 4.78 is 4.36. The number of aromatic amines is 1. The van der Waals surface area contributed by atoms with Crippen LogP contribution < -0.4 is 0 Å². The van der Waals surface area contributed by atoms with Crippen LogP contribution in [0.25, 0.3) is 0 Å². The largest absolute Gasteiger partial charge is 0.279 e. The molecule has 1 N–H and O–H groups in total. The lowest BCUT2D eigenvalue weighted by Crippen LogP contribution is -2.27. The molecule has 1 aliphatic carbocycles. The molecular weight excluding hydrogens is 320 g/mol. The second-order valence-corrected chi connectivity index (χ2v) is 8.03. The third-order valence-corrected chi connectivity index (χ3v) is 6.22. The Bertz CT molecular complexity index is 914. The van der Waals surface area contributed by atoms with Gasteiger partial charge in [0.1, 0.15) is 0 Å². The van der Waals surface area contributed by atoms with Crippen LogP contribution in [0.3, 0.4) is 0 Å². The zero-order chi connectivity index (χ0) is 18.0. The van der Waals surface area contributed by atoms with Gasteiger partial charge in [0.15, 0.2) is 0 Å². The van der Waals surface area contributed by atoms with Crippen LogP contribution in [0, 0.1) is 13.8 Å². The Morgan fingerprint density at radius 2 is 1.27 bits per heavy atom. The van der Waals surface area contributed by atoms with Crippen molar-refractivity contribution in [1.29, 1.82) is 0 Å². The standard InChI is InChI=1S/C22H26N4/c1-14-5-16-7-18-9-20-11-22-13-24(3)25(4)23-26(22)12-21(20)10-19(18)8-17(16)6-15(14)2/h5-6,9-10,13,23H,7-8,11-12H2,1-4H3. The molecule has 1 aliphatic heterocycles. The van der Waals surface area contributed by atoms with Crippen LogP contribution in [-0.2, 0) is 39.9 Å². The monoisotopic (exact) mass is 346 g/mol. The second kappa shape index (κ2) is 5.44. The van der Waals surface area contributed by atoms with E-state index in [2.05, 4.69) is 65.9 Å². The predicted molar refractivity (Wildman–Crippen MR) is 104 cm³/mol. The number of hydrogen-bond acceptors (Lipinski definition) is 0. The highest BCUT2D eigenvalue weighted by atomic mass is 15.6. The molecule has 2 aromatic carbocycles. The van der Waals surface area contributed by atoms with Crippen LogP contribution in [-0.4, -0.2) is 19.4 Å². The van der Waals surface area contributed by atoms with E-state index in [9.17, 15) is 0 Å². The average Bonchev–Trinajstić information content (AvgIpc) is 2.59. The zero-order valence-corrected chi connectivity index (χ0v) is 16.1. The molecule has 0 amide bonds. The summed E-state index contributed by atoms with van der Waals surface area (Å²) in [6.07, 6.45) is 5.36. The highest BCUT2D eigenvalue weighted by Gasteiger charge is 2.21. The maximum atomic E-state index is 3.44. The zero-order valence-electron chi connectivity index (χ0n) is 16.1. The molecule has 0 fully saturated rings. The van der Waals surface area contributed by atoms with Crippen LogP contribution in [0.4, 0.5) is 0 Å². The molecule has 0 spiro atoms. The molecule has 1 aromatic heterocycles. The van der Waals surface area contributed by atoms with Gasteiger partial charge in [-0.15, -0.1) is 0 Å². The lowest BCUT2D eigenvalue weighted by Gasteiger charge is -2.28. The van der Waals surface area contributed by atoms with Crippen LogP contribution in [0.5, 0.6) is 0 Å². The number of hydrogen-bond donors (Lipinski definition) is 1. The molecule has 0 saturated heterocycles. The number of nitrogens with zero attached hydrogens (tertiary/aromatic N) is 3. The van der Waals surface area contributed by atoms with Crippen LogP contribution in [0.2, 0.25) is 0 Å². The number of H-pyrrole nitrogens is 1. The number of nitrogens with one attached hydrogen (secondary N) is 1. The molecule has 2 aliphatic rings. The van der Waals surface area contributed by atoms with Gasteiger partial charge in [0.2, 0.25) is 0 Å². The number of aryl methyl sites for hydroxylation is 4. The van der Waals surface area contributed by atoms with Crippen molar-refractivity contribution in [1.82, 2.24) is 19.4 Å². The van der Waals surface area contributed by atoms with Crippen LogP contribution in [0.15, 0.2) is 30.5 Å². The molecule has 5 rings (SSSR count). The smallest absolute Gasteiger partial charge is 0.0659 e. The minimum Gasteiger partial charge on any atom is -0.279 e. The maximum Gasteiger partial charge on any atom is 0.0659 e. The van der Waals surface area contributed by atoms with E-state index in [0.29, 0.717) is 0 Å². The van der Waals surface area contributed by atoms with Crippen molar-refractivity contribution >= 4 is 0 Å². The van der Waals surface area contributed by atoms with Gasteiger partial charge in [-0.2, -0.15) is 0 Å². The number of rotatable bonds is 0. The third-order valence-electron chi connectivity index (χ3n) is 6.22. The summed E-state index contributed by atoms with van der Waals surface area (Å²) in [5, 5.41) is 3.44. The molecule has 2 heterocycles. The third kappa shape index (κ3) is 2.36. The molecule has 0 unspecified atom stereocenters. The van der Waals surface area contributed by atoms with Gasteiger partial charge < -0.3 is 0 Å². The van der Waals surface area contributed by atoms with E-state index in [1.165, 1.54) is 50.2 Å². The van der Waals surface area contributed by atoms with Crippen molar-refractivity contribution < 1.29 is 0 Å². The van der Waals surface area contributed by atoms with Crippen LogP contribution in [0.1, 0.15) is 50.2 Å². The summed E-state index contributed by atoms with van der Waals surface area (Å²) in [6.45, 7) is 5.37. The Hall–Kier alpha value is -2.62. The molecule has 4 heteroatoms. The first-order valence-corrected chi connectivity index (χ1v) is 9.41. The number of benzene rings is 2. The Morgan fingerprint density at radius 1 is 0.731 bits per heavy atom. The fraction of sp³-hybridized carbons (Fsp3) is 0.364. The first-order valence-electron chi connectivity index (χ1n) is 9.41. The van der Waals surface area contributed by atoms with E-state index in [4.69, 9.17) is 0 Å². The van der Waals surface area contributed by atoms with E-state index in [0.717, 1.165) is 25.8 Å². The molecule has 0 radical (unpaired) electrons. The maximum absolute atomic E-state index is 3.44. The molecular formula is C22H26N4. The van der Waals surface area contributed by atoms with Crippen molar-refractivity contribution in [3.05, 3.63) is 80.7 Å². The summed E-state index contributed by atoms with van der Waals surface area (Å²) in [4.78, 5) is 2.01. The summed E-state index contributed by atoms with van der Waals surface area (Å²) in [5.41, 5.74) is 13.1. The topological polar surface area (TPSA) is 30.6 Å². The minimum absolute atomic E-state index is 0.923. The Morgan fingerprint density at radius 3 is 1.92 bits per heavy atom. The SMILES string of the molecule is Cc1cc2c(cc1C)Cc1cc3c(cc1C2)Cc1cn(C)n(C)[nH]n1C3. The molecule has 26 heavy (non-hydrogen) atoms. The van der Waals surface area contributed by atoms with Gasteiger partial charge in [-0.1, -0.05) is 24.3 Å². The van der Waals surface area contributed by atoms with Crippen molar-refractivity contribution in [2.45, 2.75) is 39.7 Å². The van der Waals surface area contributed by atoms with Gasteiger partial charge in [0.25, 0.3) is 0 Å². The summed E-state index contributed by atoms with van der Waals surface area (Å²) in [7, 11) is 4.11. The molecule has 0 atom stereocenters. The molecule has 4 nitrogen and oxygen atoms in total. The second-order valence-electron chi connectivity index (χ2n) is 8.03. The lowest BCUT2D eigenvalue weighted by molar-refractivity contribution is 0.386. The normalized spacial score (nSPS) is 14.3. The van der Waals surface area contributed by atoms with Gasteiger partial charge in [0.05, 0.1) is 12.2 Å². The van der Waals surface area contributed by atoms with E-state index in [1.807, 2.05) is 11.8 Å².